The maximum absolute atomic E-state index is 11.4. The molecule has 0 atom stereocenters. The molecule has 0 spiro atoms. The highest BCUT2D eigenvalue weighted by Crippen LogP contribution is 2.04. The van der Waals surface area contributed by atoms with E-state index in [9.17, 15) is 9.59 Å². The van der Waals surface area contributed by atoms with Crippen molar-refractivity contribution in [2.24, 2.45) is 0 Å². The van der Waals surface area contributed by atoms with Crippen LogP contribution in [0.1, 0.15) is 15.5 Å². The molecule has 7 heteroatoms. The number of carbonyl (C=O) groups is 1. The van der Waals surface area contributed by atoms with Gasteiger partial charge in [-0.25, -0.2) is 14.5 Å². The minimum atomic E-state index is -1.16. The standard InChI is InChI=1S/C9H7N3O3S/c13-8-2-1-6(9(14)15)11-12(8)5-7-10-3-4-16-7/h1-4H,5H2,(H,14,15). The van der Waals surface area contributed by atoms with E-state index in [2.05, 4.69) is 10.1 Å². The van der Waals surface area contributed by atoms with Crippen molar-refractivity contribution in [1.82, 2.24) is 14.8 Å². The highest BCUT2D eigenvalue weighted by molar-refractivity contribution is 7.09. The van der Waals surface area contributed by atoms with Crippen molar-refractivity contribution in [1.29, 1.82) is 0 Å². The summed E-state index contributed by atoms with van der Waals surface area (Å²) >= 11 is 1.38. The van der Waals surface area contributed by atoms with Gasteiger partial charge in [0.25, 0.3) is 5.56 Å². The number of rotatable bonds is 3. The Hall–Kier alpha value is -2.02. The lowest BCUT2D eigenvalue weighted by Crippen LogP contribution is -2.24. The van der Waals surface area contributed by atoms with Gasteiger partial charge in [-0.05, 0) is 6.07 Å². The number of aromatic nitrogens is 3. The Labute approximate surface area is 93.8 Å². The van der Waals surface area contributed by atoms with E-state index in [0.29, 0.717) is 5.01 Å². The van der Waals surface area contributed by atoms with E-state index in [-0.39, 0.29) is 17.8 Å². The first-order valence-electron chi connectivity index (χ1n) is 4.36. The van der Waals surface area contributed by atoms with Crippen LogP contribution in [0.4, 0.5) is 0 Å². The molecule has 2 heterocycles. The van der Waals surface area contributed by atoms with Crippen LogP contribution in [-0.2, 0) is 6.54 Å². The van der Waals surface area contributed by atoms with Gasteiger partial charge in [-0.2, -0.15) is 5.10 Å². The lowest BCUT2D eigenvalue weighted by molar-refractivity contribution is 0.0687. The predicted molar refractivity (Wildman–Crippen MR) is 56.7 cm³/mol. The summed E-state index contributed by atoms with van der Waals surface area (Å²) in [5.41, 5.74) is -0.503. The van der Waals surface area contributed by atoms with Gasteiger partial charge in [0.2, 0.25) is 0 Å². The van der Waals surface area contributed by atoms with E-state index in [1.54, 1.807) is 11.6 Å². The summed E-state index contributed by atoms with van der Waals surface area (Å²) in [5.74, 6) is -1.16. The van der Waals surface area contributed by atoms with Crippen LogP contribution in [0, 0.1) is 0 Å². The average Bonchev–Trinajstić information content (AvgIpc) is 2.73. The Balaban J connectivity index is 2.36. The van der Waals surface area contributed by atoms with E-state index in [1.807, 2.05) is 0 Å². The van der Waals surface area contributed by atoms with E-state index in [4.69, 9.17) is 5.11 Å². The van der Waals surface area contributed by atoms with Gasteiger partial charge in [0.1, 0.15) is 5.01 Å². The zero-order chi connectivity index (χ0) is 11.5. The van der Waals surface area contributed by atoms with E-state index in [0.717, 1.165) is 4.68 Å². The average molecular weight is 237 g/mol. The zero-order valence-electron chi connectivity index (χ0n) is 8.03. The van der Waals surface area contributed by atoms with Crippen LogP contribution in [-0.4, -0.2) is 25.8 Å². The van der Waals surface area contributed by atoms with Crippen molar-refractivity contribution in [2.45, 2.75) is 6.54 Å². The first-order valence-corrected chi connectivity index (χ1v) is 5.24. The number of carboxylic acids is 1. The molecule has 2 rings (SSSR count). The fourth-order valence-corrected chi connectivity index (χ4v) is 1.73. The molecule has 0 aromatic carbocycles. The summed E-state index contributed by atoms with van der Waals surface area (Å²) in [6, 6.07) is 2.37. The van der Waals surface area contributed by atoms with Gasteiger partial charge in [0.05, 0.1) is 6.54 Å². The second kappa shape index (κ2) is 4.23. The van der Waals surface area contributed by atoms with Gasteiger partial charge < -0.3 is 5.11 Å². The summed E-state index contributed by atoms with van der Waals surface area (Å²) in [6.45, 7) is 0.192. The Morgan fingerprint density at radius 1 is 1.50 bits per heavy atom. The second-order valence-electron chi connectivity index (χ2n) is 2.95. The van der Waals surface area contributed by atoms with Crippen LogP contribution >= 0.6 is 11.3 Å². The quantitative estimate of drug-likeness (QED) is 0.837. The van der Waals surface area contributed by atoms with Crippen molar-refractivity contribution < 1.29 is 9.90 Å². The summed E-state index contributed by atoms with van der Waals surface area (Å²) in [5, 5.41) is 14.9. The summed E-state index contributed by atoms with van der Waals surface area (Å²) < 4.78 is 1.09. The fourth-order valence-electron chi connectivity index (χ4n) is 1.14. The number of carboxylic acid groups (broad SMARTS) is 1. The molecule has 0 saturated heterocycles. The molecule has 0 saturated carbocycles. The molecule has 82 valence electrons. The van der Waals surface area contributed by atoms with Gasteiger partial charge in [-0.15, -0.1) is 11.3 Å². The third-order valence-corrected chi connectivity index (χ3v) is 2.62. The van der Waals surface area contributed by atoms with Crippen molar-refractivity contribution in [2.75, 3.05) is 0 Å². The SMILES string of the molecule is O=C(O)c1ccc(=O)n(Cc2nccs2)n1. The molecule has 2 aromatic rings. The van der Waals surface area contributed by atoms with Crippen LogP contribution in [0.25, 0.3) is 0 Å². The zero-order valence-corrected chi connectivity index (χ0v) is 8.85. The molecule has 0 aliphatic rings. The summed E-state index contributed by atoms with van der Waals surface area (Å²) in [4.78, 5) is 26.1. The Morgan fingerprint density at radius 2 is 2.31 bits per heavy atom. The normalized spacial score (nSPS) is 10.2. The molecule has 0 radical (unpaired) electrons. The topological polar surface area (TPSA) is 85.1 Å². The highest BCUT2D eigenvalue weighted by atomic mass is 32.1. The molecule has 0 fully saturated rings. The van der Waals surface area contributed by atoms with E-state index >= 15 is 0 Å². The maximum Gasteiger partial charge on any atom is 0.356 e. The number of nitrogens with zero attached hydrogens (tertiary/aromatic N) is 3. The molecule has 0 bridgehead atoms. The molecular formula is C9H7N3O3S. The van der Waals surface area contributed by atoms with Crippen LogP contribution in [0.3, 0.4) is 0 Å². The third kappa shape index (κ3) is 2.14. The van der Waals surface area contributed by atoms with Gasteiger partial charge in [-0.3, -0.25) is 4.79 Å². The first-order chi connectivity index (χ1) is 7.66. The lowest BCUT2D eigenvalue weighted by atomic mass is 10.4. The molecule has 0 aliphatic carbocycles. The minimum Gasteiger partial charge on any atom is -0.476 e. The Bertz CT molecular complexity index is 562. The number of thiazole rings is 1. The van der Waals surface area contributed by atoms with E-state index < -0.39 is 5.97 Å². The van der Waals surface area contributed by atoms with Crippen molar-refractivity contribution >= 4 is 17.3 Å². The molecule has 16 heavy (non-hydrogen) atoms. The lowest BCUT2D eigenvalue weighted by Gasteiger charge is -2.02. The van der Waals surface area contributed by atoms with Crippen LogP contribution in [0.2, 0.25) is 0 Å². The molecule has 0 amide bonds. The van der Waals surface area contributed by atoms with Crippen LogP contribution in [0.15, 0.2) is 28.5 Å². The van der Waals surface area contributed by atoms with E-state index in [1.165, 1.54) is 23.5 Å². The van der Waals surface area contributed by atoms with Gasteiger partial charge in [-0.1, -0.05) is 0 Å². The monoisotopic (exact) mass is 237 g/mol. The minimum absolute atomic E-state index is 0.156. The van der Waals surface area contributed by atoms with Crippen LogP contribution < -0.4 is 5.56 Å². The summed E-state index contributed by atoms with van der Waals surface area (Å²) in [7, 11) is 0. The highest BCUT2D eigenvalue weighted by Gasteiger charge is 2.08. The Kier molecular flexibility index (Phi) is 2.78. The molecule has 2 aromatic heterocycles. The maximum atomic E-state index is 11.4. The molecular weight excluding hydrogens is 230 g/mol. The smallest absolute Gasteiger partial charge is 0.356 e. The second-order valence-corrected chi connectivity index (χ2v) is 3.92. The largest absolute Gasteiger partial charge is 0.476 e. The van der Waals surface area contributed by atoms with Gasteiger partial charge in [0, 0.05) is 17.6 Å². The summed E-state index contributed by atoms with van der Waals surface area (Å²) in [6.07, 6.45) is 1.62. The third-order valence-electron chi connectivity index (χ3n) is 1.85. The van der Waals surface area contributed by atoms with Crippen molar-refractivity contribution in [3.63, 3.8) is 0 Å². The molecule has 0 aliphatic heterocycles. The van der Waals surface area contributed by atoms with Gasteiger partial charge >= 0.3 is 5.97 Å². The molecule has 6 nitrogen and oxygen atoms in total. The molecule has 0 unspecified atom stereocenters. The number of hydrogen-bond acceptors (Lipinski definition) is 5. The Morgan fingerprint density at radius 3 is 2.94 bits per heavy atom. The van der Waals surface area contributed by atoms with Crippen LogP contribution in [0.5, 0.6) is 0 Å². The predicted octanol–water partition coefficient (Wildman–Crippen LogP) is 0.446. The number of hydrogen-bond donors (Lipinski definition) is 1. The van der Waals surface area contributed by atoms with Crippen molar-refractivity contribution in [3.8, 4) is 0 Å². The van der Waals surface area contributed by atoms with Gasteiger partial charge in [0.15, 0.2) is 5.69 Å². The molecule has 1 N–H and O–H groups in total. The number of aromatic carboxylic acids is 1. The van der Waals surface area contributed by atoms with Crippen molar-refractivity contribution in [3.05, 3.63) is 44.8 Å². The fraction of sp³-hybridized carbons (Fsp3) is 0.111. The first kappa shape index (κ1) is 10.5.